The van der Waals surface area contributed by atoms with Crippen LogP contribution in [0.4, 0.5) is 11.5 Å². The van der Waals surface area contributed by atoms with Crippen molar-refractivity contribution in [1.82, 2.24) is 19.4 Å². The fraction of sp³-hybridized carbons (Fsp3) is 0.333. The van der Waals surface area contributed by atoms with Crippen LogP contribution >= 0.6 is 0 Å². The highest BCUT2D eigenvalue weighted by Crippen LogP contribution is 2.12. The standard InChI is InChI=1S/C15H20N6O4/c1-20-7-9(16)6-10(20)14(23)19-11-8-21(2)13(18-11)15(24)17-5-4-12(22)25-3/h6-8H,4-5,16H2,1-3H3,(H,17,24)(H,19,23). The van der Waals surface area contributed by atoms with E-state index in [4.69, 9.17) is 5.73 Å². The lowest BCUT2D eigenvalue weighted by atomic mass is 10.4. The molecule has 10 heteroatoms. The minimum absolute atomic E-state index is 0.0607. The van der Waals surface area contributed by atoms with Crippen molar-refractivity contribution in [3.63, 3.8) is 0 Å². The summed E-state index contributed by atoms with van der Waals surface area (Å²) in [6, 6.07) is 1.54. The number of rotatable bonds is 6. The number of aryl methyl sites for hydroxylation is 2. The molecule has 0 aliphatic rings. The molecule has 0 fully saturated rings. The van der Waals surface area contributed by atoms with Gasteiger partial charge in [0.1, 0.15) is 5.69 Å². The van der Waals surface area contributed by atoms with E-state index in [-0.39, 0.29) is 24.6 Å². The Balaban J connectivity index is 2.01. The van der Waals surface area contributed by atoms with Crippen LogP contribution in [0, 0.1) is 0 Å². The summed E-state index contributed by atoms with van der Waals surface area (Å²) < 4.78 is 7.56. The monoisotopic (exact) mass is 348 g/mol. The van der Waals surface area contributed by atoms with Crippen LogP contribution in [0.25, 0.3) is 0 Å². The van der Waals surface area contributed by atoms with Gasteiger partial charge in [-0.15, -0.1) is 0 Å². The fourth-order valence-electron chi connectivity index (χ4n) is 2.19. The number of imidazole rings is 1. The molecule has 0 atom stereocenters. The Morgan fingerprint density at radius 2 is 1.92 bits per heavy atom. The minimum atomic E-state index is -0.463. The van der Waals surface area contributed by atoms with Crippen LogP contribution in [0.2, 0.25) is 0 Å². The van der Waals surface area contributed by atoms with Crippen molar-refractivity contribution in [2.45, 2.75) is 6.42 Å². The van der Waals surface area contributed by atoms with Gasteiger partial charge in [-0.2, -0.15) is 0 Å². The van der Waals surface area contributed by atoms with Gasteiger partial charge < -0.3 is 30.2 Å². The van der Waals surface area contributed by atoms with E-state index in [2.05, 4.69) is 20.4 Å². The highest BCUT2D eigenvalue weighted by Gasteiger charge is 2.17. The summed E-state index contributed by atoms with van der Waals surface area (Å²) in [5.41, 5.74) is 6.49. The van der Waals surface area contributed by atoms with Crippen LogP contribution in [-0.4, -0.2) is 45.6 Å². The molecule has 25 heavy (non-hydrogen) atoms. The van der Waals surface area contributed by atoms with E-state index < -0.39 is 17.8 Å². The van der Waals surface area contributed by atoms with Crippen LogP contribution in [0.1, 0.15) is 27.5 Å². The number of anilines is 2. The second-order valence-corrected chi connectivity index (χ2v) is 5.37. The number of nitrogens with two attached hydrogens (primary N) is 1. The Labute approximate surface area is 144 Å². The average Bonchev–Trinajstić information content (AvgIpc) is 3.08. The molecule has 0 unspecified atom stereocenters. The second-order valence-electron chi connectivity index (χ2n) is 5.37. The van der Waals surface area contributed by atoms with Crippen molar-refractivity contribution in [3.05, 3.63) is 30.0 Å². The number of aromatic nitrogens is 3. The molecule has 0 aromatic carbocycles. The highest BCUT2D eigenvalue weighted by atomic mass is 16.5. The van der Waals surface area contributed by atoms with Gasteiger partial charge in [0, 0.05) is 33.0 Å². The van der Waals surface area contributed by atoms with Gasteiger partial charge in [-0.25, -0.2) is 4.98 Å². The van der Waals surface area contributed by atoms with Gasteiger partial charge in [0.25, 0.3) is 11.8 Å². The fourth-order valence-corrected chi connectivity index (χ4v) is 2.19. The Kier molecular flexibility index (Phi) is 5.42. The van der Waals surface area contributed by atoms with Gasteiger partial charge in [-0.3, -0.25) is 14.4 Å². The zero-order chi connectivity index (χ0) is 18.6. The lowest BCUT2D eigenvalue weighted by Crippen LogP contribution is -2.28. The predicted octanol–water partition coefficient (Wildman–Crippen LogP) is -0.114. The number of carbonyl (C=O) groups is 3. The molecule has 2 amide bonds. The SMILES string of the molecule is COC(=O)CCNC(=O)c1nc(NC(=O)c2cc(N)cn2C)cn1C. The van der Waals surface area contributed by atoms with Gasteiger partial charge in [0.15, 0.2) is 5.82 Å². The number of carbonyl (C=O) groups excluding carboxylic acids is 3. The third kappa shape index (κ3) is 4.37. The number of ether oxygens (including phenoxy) is 1. The van der Waals surface area contributed by atoms with Gasteiger partial charge in [-0.1, -0.05) is 0 Å². The summed E-state index contributed by atoms with van der Waals surface area (Å²) in [7, 11) is 4.60. The molecule has 0 aliphatic carbocycles. The number of nitrogen functional groups attached to an aromatic ring is 1. The smallest absolute Gasteiger partial charge is 0.307 e. The molecule has 4 N–H and O–H groups in total. The maximum Gasteiger partial charge on any atom is 0.307 e. The lowest BCUT2D eigenvalue weighted by molar-refractivity contribution is -0.140. The van der Waals surface area contributed by atoms with Crippen molar-refractivity contribution in [2.75, 3.05) is 24.7 Å². The largest absolute Gasteiger partial charge is 0.469 e. The number of hydrogen-bond acceptors (Lipinski definition) is 6. The van der Waals surface area contributed by atoms with E-state index in [1.54, 1.807) is 30.9 Å². The number of nitrogens with zero attached hydrogens (tertiary/aromatic N) is 3. The maximum absolute atomic E-state index is 12.2. The summed E-state index contributed by atoms with van der Waals surface area (Å²) in [6.45, 7) is 0.128. The normalized spacial score (nSPS) is 10.4. The molecule has 0 saturated heterocycles. The summed E-state index contributed by atoms with van der Waals surface area (Å²) in [5, 5.41) is 5.17. The molecule has 10 nitrogen and oxygen atoms in total. The maximum atomic E-state index is 12.2. The van der Waals surface area contributed by atoms with Crippen molar-refractivity contribution in [1.29, 1.82) is 0 Å². The van der Waals surface area contributed by atoms with Gasteiger partial charge in [0.2, 0.25) is 5.82 Å². The van der Waals surface area contributed by atoms with Crippen molar-refractivity contribution < 1.29 is 19.1 Å². The highest BCUT2D eigenvalue weighted by molar-refractivity contribution is 6.03. The molecule has 0 spiro atoms. The number of hydrogen-bond donors (Lipinski definition) is 3. The third-order valence-corrected chi connectivity index (χ3v) is 3.42. The van der Waals surface area contributed by atoms with Gasteiger partial charge >= 0.3 is 5.97 Å². The quantitative estimate of drug-likeness (QED) is 0.624. The zero-order valence-corrected chi connectivity index (χ0v) is 14.2. The van der Waals surface area contributed by atoms with Gasteiger partial charge in [-0.05, 0) is 6.07 Å². The molecule has 0 saturated carbocycles. The molecule has 0 bridgehead atoms. The summed E-state index contributed by atoms with van der Waals surface area (Å²) in [4.78, 5) is 39.4. The summed E-state index contributed by atoms with van der Waals surface area (Å²) in [6.07, 6.45) is 3.19. The van der Waals surface area contributed by atoms with E-state index in [1.807, 2.05) is 0 Å². The van der Waals surface area contributed by atoms with Crippen LogP contribution in [-0.2, 0) is 23.6 Å². The van der Waals surface area contributed by atoms with Crippen LogP contribution < -0.4 is 16.4 Å². The molecule has 2 aromatic rings. The topological polar surface area (TPSA) is 133 Å². The Morgan fingerprint density at radius 1 is 1.20 bits per heavy atom. The van der Waals surface area contributed by atoms with Crippen LogP contribution in [0.3, 0.4) is 0 Å². The Bertz CT molecular complexity index is 807. The van der Waals surface area contributed by atoms with Crippen molar-refractivity contribution >= 4 is 29.3 Å². The number of esters is 1. The van der Waals surface area contributed by atoms with Crippen LogP contribution in [0.15, 0.2) is 18.5 Å². The van der Waals surface area contributed by atoms with E-state index in [0.717, 1.165) is 0 Å². The average molecular weight is 348 g/mol. The first-order valence-corrected chi connectivity index (χ1v) is 7.43. The Hall–Kier alpha value is -3.30. The first-order valence-electron chi connectivity index (χ1n) is 7.43. The molecular weight excluding hydrogens is 328 g/mol. The minimum Gasteiger partial charge on any atom is -0.469 e. The lowest BCUT2D eigenvalue weighted by Gasteiger charge is -2.03. The van der Waals surface area contributed by atoms with Gasteiger partial charge in [0.05, 0.1) is 19.2 Å². The van der Waals surface area contributed by atoms with E-state index in [0.29, 0.717) is 11.4 Å². The molecular formula is C15H20N6O4. The zero-order valence-electron chi connectivity index (χ0n) is 14.2. The number of nitrogens with one attached hydrogen (secondary N) is 2. The first-order chi connectivity index (χ1) is 11.8. The third-order valence-electron chi connectivity index (χ3n) is 3.42. The van der Waals surface area contributed by atoms with Crippen LogP contribution in [0.5, 0.6) is 0 Å². The summed E-state index contributed by atoms with van der Waals surface area (Å²) >= 11 is 0. The van der Waals surface area contributed by atoms with E-state index in [9.17, 15) is 14.4 Å². The molecule has 2 rings (SSSR count). The number of methoxy groups -OCH3 is 1. The predicted molar refractivity (Wildman–Crippen MR) is 90.0 cm³/mol. The Morgan fingerprint density at radius 3 is 2.52 bits per heavy atom. The van der Waals surface area contributed by atoms with E-state index >= 15 is 0 Å². The molecule has 2 heterocycles. The first kappa shape index (κ1) is 18.0. The molecule has 2 aromatic heterocycles. The summed E-state index contributed by atoms with van der Waals surface area (Å²) in [5.74, 6) is -0.947. The van der Waals surface area contributed by atoms with Crippen molar-refractivity contribution in [2.24, 2.45) is 14.1 Å². The molecule has 0 radical (unpaired) electrons. The number of amides is 2. The van der Waals surface area contributed by atoms with Crippen molar-refractivity contribution in [3.8, 4) is 0 Å². The second kappa shape index (κ2) is 7.51. The molecule has 0 aliphatic heterocycles. The molecule has 134 valence electrons. The van der Waals surface area contributed by atoms with E-state index in [1.165, 1.54) is 17.9 Å².